The van der Waals surface area contributed by atoms with Crippen molar-refractivity contribution in [3.05, 3.63) is 10.6 Å². The fraction of sp³-hybridized carbons (Fsp3) is 0.769. The average Bonchev–Trinajstić information content (AvgIpc) is 2.53. The first kappa shape index (κ1) is 13.5. The van der Waals surface area contributed by atoms with Crippen LogP contribution in [-0.2, 0) is 0 Å². The predicted molar refractivity (Wildman–Crippen MR) is 73.4 cm³/mol. The van der Waals surface area contributed by atoms with Crippen molar-refractivity contribution in [2.45, 2.75) is 65.8 Å². The summed E-state index contributed by atoms with van der Waals surface area (Å²) in [6, 6.07) is 0.543. The van der Waals surface area contributed by atoms with Gasteiger partial charge in [0.1, 0.15) is 0 Å². The minimum atomic E-state index is 0.543. The van der Waals surface area contributed by atoms with E-state index in [9.17, 15) is 0 Å². The molecule has 0 aromatic carbocycles. The topological polar surface area (TPSA) is 24.9 Å². The minimum Gasteiger partial charge on any atom is -0.359 e. The quantitative estimate of drug-likeness (QED) is 0.708. The summed E-state index contributed by atoms with van der Waals surface area (Å²) in [7, 11) is 0. The molecule has 0 fully saturated rings. The maximum atomic E-state index is 4.50. The summed E-state index contributed by atoms with van der Waals surface area (Å²) in [5.41, 5.74) is 1.16. The van der Waals surface area contributed by atoms with Crippen molar-refractivity contribution in [3.63, 3.8) is 0 Å². The van der Waals surface area contributed by atoms with Crippen molar-refractivity contribution < 1.29 is 0 Å². The van der Waals surface area contributed by atoms with Gasteiger partial charge in [-0.1, -0.05) is 32.6 Å². The first-order valence-electron chi connectivity index (χ1n) is 6.34. The molecular weight excluding hydrogens is 216 g/mol. The molecule has 0 aliphatic carbocycles. The van der Waals surface area contributed by atoms with E-state index < -0.39 is 0 Å². The van der Waals surface area contributed by atoms with Crippen LogP contribution in [0.1, 0.15) is 56.5 Å². The number of unbranched alkanes of at least 4 members (excludes halogenated alkanes) is 3. The van der Waals surface area contributed by atoms with Gasteiger partial charge in [-0.25, -0.2) is 4.98 Å². The molecule has 1 rings (SSSR count). The summed E-state index contributed by atoms with van der Waals surface area (Å²) in [5, 5.41) is 4.57. The van der Waals surface area contributed by atoms with E-state index in [1.165, 1.54) is 37.0 Å². The van der Waals surface area contributed by atoms with Crippen LogP contribution in [0.5, 0.6) is 0 Å². The SMILES string of the molecule is CCCCCCC(C)Nc1nc(C)c(C)s1. The molecule has 0 saturated carbocycles. The monoisotopic (exact) mass is 240 g/mol. The summed E-state index contributed by atoms with van der Waals surface area (Å²) < 4.78 is 0. The van der Waals surface area contributed by atoms with Crippen LogP contribution >= 0.6 is 11.3 Å². The summed E-state index contributed by atoms with van der Waals surface area (Å²) in [6.07, 6.45) is 6.61. The molecule has 0 aliphatic heterocycles. The number of thiazole rings is 1. The number of nitrogens with zero attached hydrogens (tertiary/aromatic N) is 1. The van der Waals surface area contributed by atoms with E-state index in [4.69, 9.17) is 0 Å². The lowest BCUT2D eigenvalue weighted by atomic mass is 10.1. The zero-order chi connectivity index (χ0) is 12.0. The highest BCUT2D eigenvalue weighted by molar-refractivity contribution is 7.15. The van der Waals surface area contributed by atoms with Gasteiger partial charge in [0.05, 0.1) is 5.69 Å². The molecule has 92 valence electrons. The van der Waals surface area contributed by atoms with Gasteiger partial charge in [-0.15, -0.1) is 11.3 Å². The number of aromatic nitrogens is 1. The molecule has 1 atom stereocenters. The van der Waals surface area contributed by atoms with Crippen molar-refractivity contribution in [2.24, 2.45) is 0 Å². The first-order chi connectivity index (χ1) is 7.63. The first-order valence-corrected chi connectivity index (χ1v) is 7.15. The van der Waals surface area contributed by atoms with E-state index in [2.05, 4.69) is 38.0 Å². The van der Waals surface area contributed by atoms with E-state index in [0.717, 1.165) is 10.8 Å². The lowest BCUT2D eigenvalue weighted by Gasteiger charge is -2.12. The van der Waals surface area contributed by atoms with Crippen molar-refractivity contribution in [2.75, 3.05) is 5.32 Å². The van der Waals surface area contributed by atoms with Gasteiger partial charge in [0.15, 0.2) is 5.13 Å². The Morgan fingerprint density at radius 3 is 2.56 bits per heavy atom. The van der Waals surface area contributed by atoms with Gasteiger partial charge in [-0.05, 0) is 27.2 Å². The average molecular weight is 240 g/mol. The van der Waals surface area contributed by atoms with Crippen LogP contribution in [0.2, 0.25) is 0 Å². The van der Waals surface area contributed by atoms with Crippen molar-refractivity contribution in [3.8, 4) is 0 Å². The van der Waals surface area contributed by atoms with E-state index in [-0.39, 0.29) is 0 Å². The molecule has 0 radical (unpaired) electrons. The molecule has 1 aromatic heterocycles. The molecule has 1 heterocycles. The Labute approximate surface area is 103 Å². The number of hydrogen-bond donors (Lipinski definition) is 1. The zero-order valence-electron chi connectivity index (χ0n) is 11.0. The lowest BCUT2D eigenvalue weighted by Crippen LogP contribution is -2.14. The maximum Gasteiger partial charge on any atom is 0.183 e. The summed E-state index contributed by atoms with van der Waals surface area (Å²) in [4.78, 5) is 5.82. The van der Waals surface area contributed by atoms with E-state index in [1.54, 1.807) is 11.3 Å². The largest absolute Gasteiger partial charge is 0.359 e. The number of aryl methyl sites for hydroxylation is 2. The van der Waals surface area contributed by atoms with Crippen LogP contribution in [0.25, 0.3) is 0 Å². The molecule has 2 nitrogen and oxygen atoms in total. The highest BCUT2D eigenvalue weighted by atomic mass is 32.1. The van der Waals surface area contributed by atoms with E-state index >= 15 is 0 Å². The zero-order valence-corrected chi connectivity index (χ0v) is 11.8. The van der Waals surface area contributed by atoms with Crippen LogP contribution in [-0.4, -0.2) is 11.0 Å². The van der Waals surface area contributed by atoms with Gasteiger partial charge in [0, 0.05) is 10.9 Å². The summed E-state index contributed by atoms with van der Waals surface area (Å²) >= 11 is 1.76. The molecule has 0 bridgehead atoms. The Balaban J connectivity index is 2.25. The number of anilines is 1. The third-order valence-corrected chi connectivity index (χ3v) is 3.89. The van der Waals surface area contributed by atoms with Gasteiger partial charge in [0.25, 0.3) is 0 Å². The van der Waals surface area contributed by atoms with Crippen LogP contribution in [0.4, 0.5) is 5.13 Å². The summed E-state index contributed by atoms with van der Waals surface area (Å²) in [6.45, 7) is 8.70. The van der Waals surface area contributed by atoms with Crippen molar-refractivity contribution in [1.82, 2.24) is 4.98 Å². The van der Waals surface area contributed by atoms with Crippen LogP contribution in [0.3, 0.4) is 0 Å². The molecule has 0 aliphatic rings. The van der Waals surface area contributed by atoms with Crippen molar-refractivity contribution in [1.29, 1.82) is 0 Å². The van der Waals surface area contributed by atoms with Gasteiger partial charge >= 0.3 is 0 Å². The summed E-state index contributed by atoms with van der Waals surface area (Å²) in [5.74, 6) is 0. The van der Waals surface area contributed by atoms with Gasteiger partial charge in [-0.2, -0.15) is 0 Å². The molecule has 1 unspecified atom stereocenters. The number of nitrogens with one attached hydrogen (secondary N) is 1. The standard InChI is InChI=1S/C13H24N2S/c1-5-6-7-8-9-10(2)14-13-15-11(3)12(4)16-13/h10H,5-9H2,1-4H3,(H,14,15). The predicted octanol–water partition coefficient (Wildman–Crippen LogP) is 4.53. The molecule has 1 N–H and O–H groups in total. The Morgan fingerprint density at radius 1 is 1.25 bits per heavy atom. The Hall–Kier alpha value is -0.570. The minimum absolute atomic E-state index is 0.543. The molecule has 1 aromatic rings. The second-order valence-electron chi connectivity index (χ2n) is 4.56. The lowest BCUT2D eigenvalue weighted by molar-refractivity contribution is 0.594. The molecular formula is C13H24N2S. The fourth-order valence-corrected chi connectivity index (χ4v) is 2.62. The fourth-order valence-electron chi connectivity index (χ4n) is 1.69. The number of rotatable bonds is 7. The van der Waals surface area contributed by atoms with Gasteiger partial charge < -0.3 is 5.32 Å². The molecule has 0 amide bonds. The highest BCUT2D eigenvalue weighted by Crippen LogP contribution is 2.22. The smallest absolute Gasteiger partial charge is 0.183 e. The Kier molecular flexibility index (Phi) is 5.81. The second-order valence-corrected chi connectivity index (χ2v) is 5.76. The number of hydrogen-bond acceptors (Lipinski definition) is 3. The molecule has 16 heavy (non-hydrogen) atoms. The Bertz CT molecular complexity index is 287. The van der Waals surface area contributed by atoms with E-state index in [0.29, 0.717) is 6.04 Å². The highest BCUT2D eigenvalue weighted by Gasteiger charge is 2.06. The maximum absolute atomic E-state index is 4.50. The van der Waals surface area contributed by atoms with Crippen LogP contribution in [0.15, 0.2) is 0 Å². The third kappa shape index (κ3) is 4.52. The van der Waals surface area contributed by atoms with Gasteiger partial charge in [0.2, 0.25) is 0 Å². The molecule has 0 saturated heterocycles. The van der Waals surface area contributed by atoms with Crippen LogP contribution < -0.4 is 5.32 Å². The van der Waals surface area contributed by atoms with Gasteiger partial charge in [-0.3, -0.25) is 0 Å². The van der Waals surface area contributed by atoms with Crippen molar-refractivity contribution >= 4 is 16.5 Å². The third-order valence-electron chi connectivity index (χ3n) is 2.89. The molecule has 0 spiro atoms. The van der Waals surface area contributed by atoms with E-state index in [1.807, 2.05) is 0 Å². The van der Waals surface area contributed by atoms with Crippen LogP contribution in [0, 0.1) is 13.8 Å². The second kappa shape index (κ2) is 6.89. The molecule has 3 heteroatoms. The normalized spacial score (nSPS) is 12.8. The Morgan fingerprint density at radius 2 is 2.00 bits per heavy atom.